The predicted octanol–water partition coefficient (Wildman–Crippen LogP) is 3.58. The SMILES string of the molecule is CCN(CC)c1nc(CNC(C)C)cc2ccccc12. The predicted molar refractivity (Wildman–Crippen MR) is 87.3 cm³/mol. The first-order chi connectivity index (χ1) is 9.65. The number of hydrogen-bond donors (Lipinski definition) is 1. The summed E-state index contributed by atoms with van der Waals surface area (Å²) < 4.78 is 0. The summed E-state index contributed by atoms with van der Waals surface area (Å²) in [6.07, 6.45) is 0. The number of rotatable bonds is 6. The van der Waals surface area contributed by atoms with Gasteiger partial charge in [-0.25, -0.2) is 4.98 Å². The van der Waals surface area contributed by atoms with Gasteiger partial charge < -0.3 is 10.2 Å². The van der Waals surface area contributed by atoms with Gasteiger partial charge in [0.1, 0.15) is 5.82 Å². The molecule has 0 bridgehead atoms. The lowest BCUT2D eigenvalue weighted by atomic mass is 10.1. The maximum Gasteiger partial charge on any atom is 0.136 e. The lowest BCUT2D eigenvalue weighted by molar-refractivity contribution is 0.581. The van der Waals surface area contributed by atoms with Gasteiger partial charge in [-0.05, 0) is 25.3 Å². The minimum absolute atomic E-state index is 0.472. The molecule has 0 unspecified atom stereocenters. The van der Waals surface area contributed by atoms with Crippen LogP contribution in [-0.4, -0.2) is 24.1 Å². The van der Waals surface area contributed by atoms with E-state index in [1.165, 1.54) is 10.8 Å². The molecular weight excluding hydrogens is 246 g/mol. The molecule has 20 heavy (non-hydrogen) atoms. The second-order valence-electron chi connectivity index (χ2n) is 5.37. The molecule has 3 nitrogen and oxygen atoms in total. The molecule has 1 N–H and O–H groups in total. The van der Waals surface area contributed by atoms with Crippen molar-refractivity contribution in [2.75, 3.05) is 18.0 Å². The zero-order valence-electron chi connectivity index (χ0n) is 13.0. The molecule has 0 aliphatic rings. The third kappa shape index (κ3) is 3.28. The van der Waals surface area contributed by atoms with Gasteiger partial charge in [-0.1, -0.05) is 38.1 Å². The highest BCUT2D eigenvalue weighted by Crippen LogP contribution is 2.25. The molecule has 0 saturated heterocycles. The fourth-order valence-electron chi connectivity index (χ4n) is 2.40. The molecule has 0 aliphatic heterocycles. The van der Waals surface area contributed by atoms with E-state index >= 15 is 0 Å². The van der Waals surface area contributed by atoms with Crippen LogP contribution in [0.25, 0.3) is 10.8 Å². The fourth-order valence-corrected chi connectivity index (χ4v) is 2.40. The molecule has 1 heterocycles. The van der Waals surface area contributed by atoms with Crippen LogP contribution in [0, 0.1) is 0 Å². The lowest BCUT2D eigenvalue weighted by Crippen LogP contribution is -2.25. The molecule has 0 aliphatic carbocycles. The number of pyridine rings is 1. The van der Waals surface area contributed by atoms with Gasteiger partial charge in [-0.3, -0.25) is 0 Å². The minimum Gasteiger partial charge on any atom is -0.357 e. The molecule has 2 aromatic rings. The molecule has 3 heteroatoms. The zero-order valence-corrected chi connectivity index (χ0v) is 13.0. The summed E-state index contributed by atoms with van der Waals surface area (Å²) in [7, 11) is 0. The topological polar surface area (TPSA) is 28.2 Å². The maximum absolute atomic E-state index is 4.88. The minimum atomic E-state index is 0.472. The molecule has 1 aromatic heterocycles. The van der Waals surface area contributed by atoms with Gasteiger partial charge in [0.15, 0.2) is 0 Å². The summed E-state index contributed by atoms with van der Waals surface area (Å²) in [6.45, 7) is 11.5. The number of benzene rings is 1. The maximum atomic E-state index is 4.88. The fraction of sp³-hybridized carbons (Fsp3) is 0.471. The molecule has 0 saturated carbocycles. The van der Waals surface area contributed by atoms with E-state index in [0.29, 0.717) is 6.04 Å². The number of nitrogens with one attached hydrogen (secondary N) is 1. The van der Waals surface area contributed by atoms with E-state index in [2.05, 4.69) is 68.2 Å². The van der Waals surface area contributed by atoms with Gasteiger partial charge in [-0.15, -0.1) is 0 Å². The molecule has 0 atom stereocenters. The van der Waals surface area contributed by atoms with Crippen molar-refractivity contribution in [3.63, 3.8) is 0 Å². The molecule has 0 amide bonds. The molecular formula is C17H25N3. The Balaban J connectivity index is 2.46. The standard InChI is InChI=1S/C17H25N3/c1-5-20(6-2)17-16-10-8-7-9-14(16)11-15(19-17)12-18-13(3)4/h7-11,13,18H,5-6,12H2,1-4H3. The zero-order chi connectivity index (χ0) is 14.5. The largest absolute Gasteiger partial charge is 0.357 e. The molecule has 0 radical (unpaired) electrons. The summed E-state index contributed by atoms with van der Waals surface area (Å²) in [4.78, 5) is 7.20. The van der Waals surface area contributed by atoms with E-state index in [0.717, 1.165) is 31.1 Å². The van der Waals surface area contributed by atoms with Crippen LogP contribution >= 0.6 is 0 Å². The van der Waals surface area contributed by atoms with Crippen molar-refractivity contribution >= 4 is 16.6 Å². The number of anilines is 1. The third-order valence-electron chi connectivity index (χ3n) is 3.53. The normalized spacial score (nSPS) is 11.2. The van der Waals surface area contributed by atoms with Gasteiger partial charge >= 0.3 is 0 Å². The van der Waals surface area contributed by atoms with E-state index in [-0.39, 0.29) is 0 Å². The summed E-state index contributed by atoms with van der Waals surface area (Å²) in [6, 6.07) is 11.2. The third-order valence-corrected chi connectivity index (χ3v) is 3.53. The highest BCUT2D eigenvalue weighted by atomic mass is 15.2. The Bertz CT molecular complexity index is 559. The van der Waals surface area contributed by atoms with Gasteiger partial charge in [0.25, 0.3) is 0 Å². The number of hydrogen-bond acceptors (Lipinski definition) is 3. The molecule has 0 spiro atoms. The van der Waals surface area contributed by atoms with Gasteiger partial charge in [0, 0.05) is 31.1 Å². The van der Waals surface area contributed by atoms with Crippen molar-refractivity contribution < 1.29 is 0 Å². The van der Waals surface area contributed by atoms with Gasteiger partial charge in [0.05, 0.1) is 5.69 Å². The molecule has 1 aromatic carbocycles. The van der Waals surface area contributed by atoms with Crippen LogP contribution < -0.4 is 10.2 Å². The summed E-state index contributed by atoms with van der Waals surface area (Å²) >= 11 is 0. The van der Waals surface area contributed by atoms with Crippen molar-refractivity contribution in [2.24, 2.45) is 0 Å². The van der Waals surface area contributed by atoms with E-state index in [1.54, 1.807) is 0 Å². The molecule has 2 rings (SSSR count). The lowest BCUT2D eigenvalue weighted by Gasteiger charge is -2.22. The average Bonchev–Trinajstić information content (AvgIpc) is 2.46. The van der Waals surface area contributed by atoms with Crippen molar-refractivity contribution in [3.05, 3.63) is 36.0 Å². The Hall–Kier alpha value is -1.61. The van der Waals surface area contributed by atoms with Crippen LogP contribution in [0.4, 0.5) is 5.82 Å². The number of fused-ring (bicyclic) bond motifs is 1. The molecule has 0 fully saturated rings. The first kappa shape index (κ1) is 14.8. The Morgan fingerprint density at radius 2 is 1.85 bits per heavy atom. The van der Waals surface area contributed by atoms with Crippen molar-refractivity contribution in [2.45, 2.75) is 40.3 Å². The quantitative estimate of drug-likeness (QED) is 0.870. The monoisotopic (exact) mass is 271 g/mol. The van der Waals surface area contributed by atoms with Gasteiger partial charge in [0.2, 0.25) is 0 Å². The molecule has 108 valence electrons. The Kier molecular flexibility index (Phi) is 4.96. The van der Waals surface area contributed by atoms with Crippen molar-refractivity contribution in [3.8, 4) is 0 Å². The van der Waals surface area contributed by atoms with Crippen LogP contribution in [-0.2, 0) is 6.54 Å². The number of nitrogens with zero attached hydrogens (tertiary/aromatic N) is 2. The summed E-state index contributed by atoms with van der Waals surface area (Å²) in [5.41, 5.74) is 1.11. The highest BCUT2D eigenvalue weighted by Gasteiger charge is 2.10. The van der Waals surface area contributed by atoms with Crippen LogP contribution in [0.15, 0.2) is 30.3 Å². The van der Waals surface area contributed by atoms with Crippen LogP contribution in [0.2, 0.25) is 0 Å². The Morgan fingerprint density at radius 3 is 2.50 bits per heavy atom. The van der Waals surface area contributed by atoms with Crippen LogP contribution in [0.5, 0.6) is 0 Å². The van der Waals surface area contributed by atoms with E-state index < -0.39 is 0 Å². The summed E-state index contributed by atoms with van der Waals surface area (Å²) in [5.74, 6) is 1.11. The average molecular weight is 271 g/mol. The second-order valence-corrected chi connectivity index (χ2v) is 5.37. The smallest absolute Gasteiger partial charge is 0.136 e. The van der Waals surface area contributed by atoms with E-state index in [1.807, 2.05) is 0 Å². The van der Waals surface area contributed by atoms with E-state index in [4.69, 9.17) is 4.98 Å². The highest BCUT2D eigenvalue weighted by molar-refractivity contribution is 5.92. The van der Waals surface area contributed by atoms with Crippen molar-refractivity contribution in [1.82, 2.24) is 10.3 Å². The van der Waals surface area contributed by atoms with E-state index in [9.17, 15) is 0 Å². The Labute approximate surface area is 122 Å². The van der Waals surface area contributed by atoms with Crippen LogP contribution in [0.1, 0.15) is 33.4 Å². The second kappa shape index (κ2) is 6.71. The Morgan fingerprint density at radius 1 is 1.15 bits per heavy atom. The van der Waals surface area contributed by atoms with Crippen molar-refractivity contribution in [1.29, 1.82) is 0 Å². The van der Waals surface area contributed by atoms with Crippen LogP contribution in [0.3, 0.4) is 0 Å². The first-order valence-electron chi connectivity index (χ1n) is 7.52. The summed E-state index contributed by atoms with van der Waals surface area (Å²) in [5, 5.41) is 5.96. The number of aromatic nitrogens is 1. The first-order valence-corrected chi connectivity index (χ1v) is 7.52. The van der Waals surface area contributed by atoms with Gasteiger partial charge in [-0.2, -0.15) is 0 Å².